The van der Waals surface area contributed by atoms with E-state index in [0.29, 0.717) is 16.5 Å². The average molecular weight is 273 g/mol. The second-order valence-electron chi connectivity index (χ2n) is 3.37. The van der Waals surface area contributed by atoms with Gasteiger partial charge in [0.25, 0.3) is 0 Å². The third kappa shape index (κ3) is 4.50. The van der Waals surface area contributed by atoms with Crippen LogP contribution < -0.4 is 15.4 Å². The van der Waals surface area contributed by atoms with Crippen molar-refractivity contribution in [3.63, 3.8) is 0 Å². The van der Waals surface area contributed by atoms with Gasteiger partial charge in [-0.3, -0.25) is 4.79 Å². The number of carbonyl (C=O) groups excluding carboxylic acids is 1. The number of ether oxygens (including phenoxy) is 1. The van der Waals surface area contributed by atoms with Crippen molar-refractivity contribution in [1.29, 1.82) is 0 Å². The number of carboxylic acid groups (broad SMARTS) is 1. The number of carbonyl (C=O) groups is 2. The van der Waals surface area contributed by atoms with Crippen LogP contribution in [0.2, 0.25) is 5.02 Å². The number of rotatable bonds is 5. The van der Waals surface area contributed by atoms with Gasteiger partial charge in [0, 0.05) is 12.6 Å². The van der Waals surface area contributed by atoms with Crippen molar-refractivity contribution in [2.75, 3.05) is 19.0 Å². The number of anilines is 1. The van der Waals surface area contributed by atoms with E-state index in [2.05, 4.69) is 10.6 Å². The quantitative estimate of drug-likeness (QED) is 0.764. The molecule has 7 heteroatoms. The smallest absolute Gasteiger partial charge is 0.319 e. The largest absolute Gasteiger partial charge is 0.497 e. The molecular weight excluding hydrogens is 260 g/mol. The van der Waals surface area contributed by atoms with Crippen LogP contribution in [0, 0.1) is 0 Å². The lowest BCUT2D eigenvalue weighted by Gasteiger charge is -2.09. The number of methoxy groups -OCH3 is 1. The summed E-state index contributed by atoms with van der Waals surface area (Å²) in [6.45, 7) is 0.0444. The number of carboxylic acids is 1. The zero-order valence-corrected chi connectivity index (χ0v) is 10.5. The van der Waals surface area contributed by atoms with Gasteiger partial charge in [-0.15, -0.1) is 0 Å². The first kappa shape index (κ1) is 14.1. The van der Waals surface area contributed by atoms with Crippen LogP contribution in [0.1, 0.15) is 6.42 Å². The van der Waals surface area contributed by atoms with E-state index in [0.717, 1.165) is 0 Å². The number of amides is 2. The predicted molar refractivity (Wildman–Crippen MR) is 67.3 cm³/mol. The lowest BCUT2D eigenvalue weighted by Crippen LogP contribution is -2.30. The van der Waals surface area contributed by atoms with Gasteiger partial charge in [0.05, 0.1) is 24.2 Å². The summed E-state index contributed by atoms with van der Waals surface area (Å²) >= 11 is 5.89. The summed E-state index contributed by atoms with van der Waals surface area (Å²) in [4.78, 5) is 21.7. The molecule has 98 valence electrons. The molecule has 0 unspecified atom stereocenters. The first-order chi connectivity index (χ1) is 8.52. The molecule has 1 aromatic carbocycles. The summed E-state index contributed by atoms with van der Waals surface area (Å²) in [7, 11) is 1.50. The molecule has 0 saturated heterocycles. The Balaban J connectivity index is 2.55. The third-order valence-corrected chi connectivity index (χ3v) is 2.38. The molecule has 0 atom stereocenters. The van der Waals surface area contributed by atoms with Crippen LogP contribution in [-0.2, 0) is 4.79 Å². The molecule has 0 heterocycles. The number of hydrogen-bond donors (Lipinski definition) is 3. The summed E-state index contributed by atoms with van der Waals surface area (Å²) in [6, 6.07) is 4.30. The topological polar surface area (TPSA) is 87.7 Å². The van der Waals surface area contributed by atoms with Gasteiger partial charge in [0.2, 0.25) is 0 Å². The average Bonchev–Trinajstić information content (AvgIpc) is 2.31. The summed E-state index contributed by atoms with van der Waals surface area (Å²) in [6.07, 6.45) is -0.140. The molecule has 18 heavy (non-hydrogen) atoms. The molecule has 0 bridgehead atoms. The zero-order valence-electron chi connectivity index (χ0n) is 9.70. The molecular formula is C11H13ClN2O4. The summed E-state index contributed by atoms with van der Waals surface area (Å²) in [5, 5.41) is 13.7. The van der Waals surface area contributed by atoms with Gasteiger partial charge < -0.3 is 20.5 Å². The highest BCUT2D eigenvalue weighted by Crippen LogP contribution is 2.26. The van der Waals surface area contributed by atoms with E-state index in [4.69, 9.17) is 21.4 Å². The fourth-order valence-corrected chi connectivity index (χ4v) is 1.34. The van der Waals surface area contributed by atoms with Gasteiger partial charge in [0.1, 0.15) is 5.75 Å². The van der Waals surface area contributed by atoms with Crippen molar-refractivity contribution in [1.82, 2.24) is 5.32 Å². The Hall–Kier alpha value is -1.95. The standard InChI is InChI=1S/C11H13ClN2O4/c1-18-7-2-3-8(12)9(6-7)14-11(17)13-5-4-10(15)16/h2-3,6H,4-5H2,1H3,(H,15,16)(H2,13,14,17). The Labute approximate surface area is 109 Å². The van der Waals surface area contributed by atoms with Gasteiger partial charge in [-0.05, 0) is 12.1 Å². The monoisotopic (exact) mass is 272 g/mol. The maximum absolute atomic E-state index is 11.4. The van der Waals surface area contributed by atoms with E-state index in [-0.39, 0.29) is 13.0 Å². The highest BCUT2D eigenvalue weighted by atomic mass is 35.5. The molecule has 1 aromatic rings. The van der Waals surface area contributed by atoms with Crippen molar-refractivity contribution in [2.45, 2.75) is 6.42 Å². The van der Waals surface area contributed by atoms with Crippen molar-refractivity contribution in [3.8, 4) is 5.75 Å². The molecule has 0 aliphatic rings. The fourth-order valence-electron chi connectivity index (χ4n) is 1.18. The fraction of sp³-hybridized carbons (Fsp3) is 0.273. The number of nitrogens with one attached hydrogen (secondary N) is 2. The number of benzene rings is 1. The first-order valence-corrected chi connectivity index (χ1v) is 5.51. The van der Waals surface area contributed by atoms with Gasteiger partial charge in [-0.2, -0.15) is 0 Å². The van der Waals surface area contributed by atoms with Crippen molar-refractivity contribution in [3.05, 3.63) is 23.2 Å². The third-order valence-electron chi connectivity index (χ3n) is 2.05. The van der Waals surface area contributed by atoms with Crippen LogP contribution in [0.4, 0.5) is 10.5 Å². The Kier molecular flexibility index (Phi) is 5.26. The lowest BCUT2D eigenvalue weighted by atomic mass is 10.3. The molecule has 6 nitrogen and oxygen atoms in total. The molecule has 3 N–H and O–H groups in total. The van der Waals surface area contributed by atoms with E-state index in [1.165, 1.54) is 7.11 Å². The first-order valence-electron chi connectivity index (χ1n) is 5.13. The molecule has 0 aromatic heterocycles. The van der Waals surface area contributed by atoms with Crippen LogP contribution in [-0.4, -0.2) is 30.8 Å². The maximum atomic E-state index is 11.4. The number of halogens is 1. The second-order valence-corrected chi connectivity index (χ2v) is 3.78. The van der Waals surface area contributed by atoms with Crippen molar-refractivity contribution in [2.24, 2.45) is 0 Å². The molecule has 0 aliphatic carbocycles. The van der Waals surface area contributed by atoms with Crippen LogP contribution in [0.3, 0.4) is 0 Å². The molecule has 0 fully saturated rings. The van der Waals surface area contributed by atoms with E-state index in [1.54, 1.807) is 18.2 Å². The molecule has 0 radical (unpaired) electrons. The van der Waals surface area contributed by atoms with E-state index < -0.39 is 12.0 Å². The number of hydrogen-bond acceptors (Lipinski definition) is 3. The number of urea groups is 1. The SMILES string of the molecule is COc1ccc(Cl)c(NC(=O)NCCC(=O)O)c1. The van der Waals surface area contributed by atoms with Crippen LogP contribution in [0.25, 0.3) is 0 Å². The Morgan fingerprint density at radius 1 is 1.44 bits per heavy atom. The maximum Gasteiger partial charge on any atom is 0.319 e. The second kappa shape index (κ2) is 6.70. The van der Waals surface area contributed by atoms with Crippen LogP contribution in [0.15, 0.2) is 18.2 Å². The summed E-state index contributed by atoms with van der Waals surface area (Å²) < 4.78 is 5.00. The predicted octanol–water partition coefficient (Wildman–Crippen LogP) is 1.94. The van der Waals surface area contributed by atoms with Crippen LogP contribution in [0.5, 0.6) is 5.75 Å². The molecule has 0 saturated carbocycles. The highest BCUT2D eigenvalue weighted by Gasteiger charge is 2.07. The normalized spacial score (nSPS) is 9.67. The van der Waals surface area contributed by atoms with Gasteiger partial charge >= 0.3 is 12.0 Å². The molecule has 2 amide bonds. The Bertz CT molecular complexity index is 451. The van der Waals surface area contributed by atoms with Crippen molar-refractivity contribution < 1.29 is 19.4 Å². The summed E-state index contributed by atoms with van der Waals surface area (Å²) in [5.41, 5.74) is 0.392. The van der Waals surface area contributed by atoms with Crippen LogP contribution >= 0.6 is 11.6 Å². The van der Waals surface area contributed by atoms with E-state index in [9.17, 15) is 9.59 Å². The molecule has 0 aliphatic heterocycles. The highest BCUT2D eigenvalue weighted by molar-refractivity contribution is 6.33. The minimum absolute atomic E-state index is 0.0444. The summed E-state index contributed by atoms with van der Waals surface area (Å²) in [5.74, 6) is -0.421. The van der Waals surface area contributed by atoms with Crippen molar-refractivity contribution >= 4 is 29.3 Å². The van der Waals surface area contributed by atoms with E-state index >= 15 is 0 Å². The van der Waals surface area contributed by atoms with Gasteiger partial charge in [-0.25, -0.2) is 4.79 Å². The van der Waals surface area contributed by atoms with E-state index in [1.807, 2.05) is 0 Å². The van der Waals surface area contributed by atoms with Gasteiger partial charge in [0.15, 0.2) is 0 Å². The Morgan fingerprint density at radius 3 is 2.78 bits per heavy atom. The molecule has 1 rings (SSSR count). The minimum Gasteiger partial charge on any atom is -0.497 e. The number of aliphatic carboxylic acids is 1. The molecule has 0 spiro atoms. The Morgan fingerprint density at radius 2 is 2.17 bits per heavy atom. The minimum atomic E-state index is -0.977. The lowest BCUT2D eigenvalue weighted by molar-refractivity contribution is -0.136. The van der Waals surface area contributed by atoms with Gasteiger partial charge in [-0.1, -0.05) is 11.6 Å². The zero-order chi connectivity index (χ0) is 13.5.